The van der Waals surface area contributed by atoms with Crippen molar-refractivity contribution in [2.75, 3.05) is 62.1 Å². The average molecular weight is 1360 g/mol. The van der Waals surface area contributed by atoms with Crippen LogP contribution in [0.3, 0.4) is 0 Å². The molecule has 91 heavy (non-hydrogen) atoms. The third kappa shape index (κ3) is 13.0. The third-order valence-corrected chi connectivity index (χ3v) is 18.2. The molecule has 8 aromatic heterocycles. The van der Waals surface area contributed by atoms with Crippen molar-refractivity contribution in [3.05, 3.63) is 50.6 Å². The lowest BCUT2D eigenvalue weighted by Crippen LogP contribution is -2.37. The zero-order valence-electron chi connectivity index (χ0n) is 45.9. The van der Waals surface area contributed by atoms with Gasteiger partial charge in [0.2, 0.25) is 0 Å². The first-order valence-corrected chi connectivity index (χ1v) is 33.0. The number of nitrogens with two attached hydrogens (primary N) is 4. The highest BCUT2D eigenvalue weighted by molar-refractivity contribution is 7.52. The maximum atomic E-state index is 14.2. The number of nitrogen functional groups attached to an aromatic ring is 4. The molecule has 0 amide bonds. The summed E-state index contributed by atoms with van der Waals surface area (Å²) in [5.74, 6) is -0.304. The molecule has 4 fully saturated rings. The van der Waals surface area contributed by atoms with Crippen molar-refractivity contribution < 1.29 is 119 Å². The summed E-state index contributed by atoms with van der Waals surface area (Å²) in [4.78, 5) is 101. The Morgan fingerprint density at radius 2 is 0.703 bits per heavy atom. The fourth-order valence-electron chi connectivity index (χ4n) is 10.4. The molecule has 19 atom stereocenters. The lowest BCUT2D eigenvalue weighted by atomic mass is 10.1. The zero-order chi connectivity index (χ0) is 64.6. The second kappa shape index (κ2) is 25.1. The zero-order valence-corrected chi connectivity index (χ0v) is 49.5. The number of ether oxygens (including phenoxy) is 6. The van der Waals surface area contributed by atoms with Crippen molar-refractivity contribution in [3.63, 3.8) is 0 Å². The van der Waals surface area contributed by atoms with E-state index < -0.39 is 168 Å². The Hall–Kier alpha value is -6.52. The van der Waals surface area contributed by atoms with Crippen LogP contribution >= 0.6 is 30.8 Å². The molecular formula is C42H54N20O25P4. The van der Waals surface area contributed by atoms with Crippen LogP contribution in [0.25, 0.3) is 44.7 Å². The molecule has 0 saturated carbocycles. The number of phosphoric acid groups is 2. The number of aliphatic hydroxyl groups excluding tert-OH is 5. The van der Waals surface area contributed by atoms with E-state index in [0.717, 1.165) is 58.0 Å². The molecule has 0 aromatic carbocycles. The summed E-state index contributed by atoms with van der Waals surface area (Å²) in [7, 11) is -20.9. The number of fused-ring (bicyclic) bond motifs is 4. The van der Waals surface area contributed by atoms with E-state index in [-0.39, 0.29) is 67.9 Å². The Balaban J connectivity index is 0.738. The molecule has 12 rings (SSSR count). The number of phosphoric ester groups is 2. The molecule has 4 aliphatic heterocycles. The summed E-state index contributed by atoms with van der Waals surface area (Å²) in [6.07, 6.45) is -21.1. The van der Waals surface area contributed by atoms with Crippen LogP contribution in [-0.4, -0.2) is 240 Å². The molecular weight excluding hydrogens is 1310 g/mol. The summed E-state index contributed by atoms with van der Waals surface area (Å²) >= 11 is 0. The maximum Gasteiger partial charge on any atom is 0.472 e. The number of rotatable bonds is 24. The summed E-state index contributed by atoms with van der Waals surface area (Å²) in [5, 5.41) is 56.9. The molecule has 0 spiro atoms. The van der Waals surface area contributed by atoms with E-state index in [4.69, 9.17) is 74.0 Å². The van der Waals surface area contributed by atoms with Crippen LogP contribution in [0.15, 0.2) is 50.6 Å². The van der Waals surface area contributed by atoms with E-state index in [1.165, 1.54) is 10.9 Å². The largest absolute Gasteiger partial charge is 0.472 e. The number of nitrogens with zero attached hydrogens (tertiary/aromatic N) is 16. The predicted octanol–water partition coefficient (Wildman–Crippen LogP) is -4.23. The fourth-order valence-corrected chi connectivity index (χ4v) is 13.6. The van der Waals surface area contributed by atoms with Gasteiger partial charge in [-0.15, -0.1) is 0 Å². The van der Waals surface area contributed by atoms with Crippen LogP contribution < -0.4 is 22.9 Å². The molecule has 0 bridgehead atoms. The smallest absolute Gasteiger partial charge is 0.387 e. The van der Waals surface area contributed by atoms with Crippen LogP contribution in [0.2, 0.25) is 0 Å². The standard InChI is InChI=1S/C42H54N20O25P4/c43-31-19-35(51-5-47-31)59(9-55-19)39-27(67)23(63)15(81-39)1-78-14-89(71,72)85-28-25(65)17(83-40(28)60-10-56-20-32(44)48-6-52-36(20)60)3-79-91(75,76)87-30-26(66)18(84-42(30)62-12-58-22-34(46)50-8-54-38(22)62)4-80-90(73,74)86-29-24(64)16(2-77-13-88(68,69)70)82-41(29)61-11-57-21-33(45)49-7-53-37(21)61/h5-12,15-18,23-30,39-42,63-67H,1-4,13-14H2,(H,71,72)(H,73,74)(H,75,76)(H2,43,47,51)(H2,44,48,52)(H2,45,49,53)(H2,46,50,54)(H2,68,69,70)/t15-,16-,17-,18-,23-,24-,25-,26-,27+,28-,29+,30-,39-,40-,41-,42-/m1/s1. The topological polar surface area (TPSA) is 651 Å². The van der Waals surface area contributed by atoms with E-state index in [2.05, 4.69) is 59.8 Å². The van der Waals surface area contributed by atoms with Gasteiger partial charge in [0, 0.05) is 0 Å². The molecule has 0 aliphatic carbocycles. The normalized spacial score (nSPS) is 30.9. The molecule has 18 N–H and O–H groups in total. The highest BCUT2D eigenvalue weighted by atomic mass is 31.2. The summed E-state index contributed by atoms with van der Waals surface area (Å²) in [6.45, 7) is -3.50. The minimum absolute atomic E-state index is 0.0133. The van der Waals surface area contributed by atoms with Gasteiger partial charge in [0.15, 0.2) is 70.8 Å². The number of aromatic nitrogens is 16. The third-order valence-electron chi connectivity index (χ3n) is 14.6. The van der Waals surface area contributed by atoms with Gasteiger partial charge in [-0.1, -0.05) is 0 Å². The van der Waals surface area contributed by atoms with E-state index in [9.17, 15) is 68.3 Å². The lowest BCUT2D eigenvalue weighted by Gasteiger charge is -2.25. The second-order valence-electron chi connectivity index (χ2n) is 20.6. The number of hydrogen-bond acceptors (Lipinski definition) is 36. The van der Waals surface area contributed by atoms with Crippen LogP contribution in [-0.2, 0) is 69.3 Å². The number of anilines is 4. The SMILES string of the molecule is Nc1ncnc2c1ncn2[C@@H]1O[C@H](COCP(=O)(O)O[C@@H]2[C@H](O)[C@@H](COP(=O)(O)O[C@@H]3[C@H](O)[C@@H](COP(=O)(O)O[C@H]4[C@H](O)[C@@H](COCP(=O)(O)O)O[C@H]4n4cnc5c(N)ncnc54)O[C@H]3n3cnc4c(N)ncnc43)O[C@H]2n2cnc3c(N)ncnc32)[C@@H](O)[C@@H]1O. The Bertz CT molecular complexity index is 4190. The quantitative estimate of drug-likeness (QED) is 0.0255. The van der Waals surface area contributed by atoms with Crippen LogP contribution in [0.5, 0.6) is 0 Å². The van der Waals surface area contributed by atoms with Gasteiger partial charge in [0.25, 0.3) is 0 Å². The second-order valence-corrected chi connectivity index (χ2v) is 26.7. The van der Waals surface area contributed by atoms with Gasteiger partial charge in [-0.25, -0.2) is 68.9 Å². The summed E-state index contributed by atoms with van der Waals surface area (Å²) < 4.78 is 120. The molecule has 0 radical (unpaired) electrons. The maximum absolute atomic E-state index is 14.2. The lowest BCUT2D eigenvalue weighted by molar-refractivity contribution is -0.0665. The molecule has 4 saturated heterocycles. The Morgan fingerprint density at radius 1 is 0.396 bits per heavy atom. The fraction of sp³-hybridized carbons (Fsp3) is 0.524. The van der Waals surface area contributed by atoms with Crippen LogP contribution in [0.4, 0.5) is 23.3 Å². The predicted molar refractivity (Wildman–Crippen MR) is 294 cm³/mol. The van der Waals surface area contributed by atoms with Crippen molar-refractivity contribution in [2.45, 2.75) is 98.2 Å². The molecule has 49 heteroatoms. The van der Waals surface area contributed by atoms with Gasteiger partial charge in [-0.05, 0) is 0 Å². The first kappa shape index (κ1) is 64.6. The Labute approximate surface area is 505 Å². The Kier molecular flexibility index (Phi) is 17.8. The minimum Gasteiger partial charge on any atom is -0.387 e. The number of imidazole rings is 4. The van der Waals surface area contributed by atoms with E-state index in [1.54, 1.807) is 0 Å². The molecule has 8 aromatic rings. The average Bonchev–Trinajstić information content (AvgIpc) is 1.77. The van der Waals surface area contributed by atoms with E-state index in [1.807, 2.05) is 0 Å². The molecule has 45 nitrogen and oxygen atoms in total. The summed E-state index contributed by atoms with van der Waals surface area (Å²) in [5.41, 5.74) is 24.1. The molecule has 4 aliphatic rings. The number of aliphatic hydroxyl groups is 5. The van der Waals surface area contributed by atoms with Gasteiger partial charge in [0.05, 0.1) is 51.7 Å². The van der Waals surface area contributed by atoms with Crippen molar-refractivity contribution >= 4 is 98.8 Å². The number of hydrogen-bond donors (Lipinski definition) is 14. The van der Waals surface area contributed by atoms with Gasteiger partial charge >= 0.3 is 30.8 Å². The van der Waals surface area contributed by atoms with Gasteiger partial charge in [-0.2, -0.15) is 0 Å². The van der Waals surface area contributed by atoms with Crippen molar-refractivity contribution in [1.82, 2.24) is 78.1 Å². The monoisotopic (exact) mass is 1360 g/mol. The van der Waals surface area contributed by atoms with Gasteiger partial charge in [0.1, 0.15) is 133 Å². The van der Waals surface area contributed by atoms with Crippen LogP contribution in [0, 0.1) is 0 Å². The van der Waals surface area contributed by atoms with E-state index >= 15 is 0 Å². The molecule has 3 unspecified atom stereocenters. The van der Waals surface area contributed by atoms with Crippen molar-refractivity contribution in [1.29, 1.82) is 0 Å². The van der Waals surface area contributed by atoms with Gasteiger partial charge in [-0.3, -0.25) is 50.0 Å². The van der Waals surface area contributed by atoms with Crippen LogP contribution in [0.1, 0.15) is 24.9 Å². The summed E-state index contributed by atoms with van der Waals surface area (Å²) in [6, 6.07) is 0. The first-order valence-electron chi connectivity index (χ1n) is 26.4. The minimum atomic E-state index is -5.60. The van der Waals surface area contributed by atoms with Crippen molar-refractivity contribution in [2.24, 2.45) is 0 Å². The Morgan fingerprint density at radius 3 is 1.07 bits per heavy atom. The highest BCUT2D eigenvalue weighted by Crippen LogP contribution is 2.54. The molecule has 492 valence electrons. The molecule has 12 heterocycles. The van der Waals surface area contributed by atoms with Crippen molar-refractivity contribution in [3.8, 4) is 0 Å². The highest BCUT2D eigenvalue weighted by Gasteiger charge is 2.55. The van der Waals surface area contributed by atoms with E-state index in [0.29, 0.717) is 0 Å². The first-order chi connectivity index (χ1) is 43.2. The van der Waals surface area contributed by atoms with Gasteiger partial charge < -0.3 is 101 Å².